The van der Waals surface area contributed by atoms with E-state index in [9.17, 15) is 33.4 Å². The van der Waals surface area contributed by atoms with Gasteiger partial charge in [0.25, 0.3) is 0 Å². The average Bonchev–Trinajstić information content (AvgIpc) is 3.55. The number of esters is 1. The van der Waals surface area contributed by atoms with Crippen molar-refractivity contribution in [1.29, 1.82) is 5.26 Å². The fourth-order valence-corrected chi connectivity index (χ4v) is 8.47. The third-order valence-corrected chi connectivity index (χ3v) is 10.9. The highest BCUT2D eigenvalue weighted by molar-refractivity contribution is 8.00. The Kier molecular flexibility index (Phi) is 11.0. The minimum absolute atomic E-state index is 0.100. The first kappa shape index (κ1) is 37.3. The first-order valence-corrected chi connectivity index (χ1v) is 16.5. The van der Waals surface area contributed by atoms with Crippen molar-refractivity contribution in [2.75, 3.05) is 19.8 Å². The second-order valence-electron chi connectivity index (χ2n) is 12.3. The Balaban J connectivity index is 1.46. The summed E-state index contributed by atoms with van der Waals surface area (Å²) < 4.78 is 63.0. The summed E-state index contributed by atoms with van der Waals surface area (Å²) in [5.41, 5.74) is -6.02. The number of hydrogen-bond acceptors (Lipinski definition) is 10. The van der Waals surface area contributed by atoms with Crippen LogP contribution >= 0.6 is 11.8 Å². The van der Waals surface area contributed by atoms with Gasteiger partial charge in [0.05, 0.1) is 43.2 Å². The summed E-state index contributed by atoms with van der Waals surface area (Å²) in [6.07, 6.45) is 7.45. The topological polar surface area (TPSA) is 174 Å². The lowest BCUT2D eigenvalue weighted by atomic mass is 9.62. The number of ether oxygens (including phenoxy) is 3. The number of aromatic nitrogens is 3. The third-order valence-electron chi connectivity index (χ3n) is 9.42. The van der Waals surface area contributed by atoms with E-state index in [2.05, 4.69) is 10.1 Å². The molecule has 2 aliphatic rings. The number of halogens is 3. The molecule has 0 radical (unpaired) electrons. The second kappa shape index (κ2) is 15.1. The molecule has 0 spiro atoms. The minimum Gasteiger partial charge on any atom is -0.480 e. The SMILES string of the molecule is CC(=O)OCC1([C@](Cn2cncn2)(c2ccc(F)cc2F)[C@@H](C)SC2COC(C=CC=Cc3ccc(C#N)cc3F)OC2)CC1(C(=O)O)C(=O)O. The van der Waals surface area contributed by atoms with E-state index in [1.54, 1.807) is 25.2 Å². The van der Waals surface area contributed by atoms with Crippen molar-refractivity contribution in [1.82, 2.24) is 14.8 Å². The molecule has 51 heavy (non-hydrogen) atoms. The van der Waals surface area contributed by atoms with Crippen molar-refractivity contribution >= 4 is 35.7 Å². The molecule has 3 atom stereocenters. The van der Waals surface area contributed by atoms with Gasteiger partial charge in [-0.1, -0.05) is 37.3 Å². The third kappa shape index (κ3) is 7.14. The van der Waals surface area contributed by atoms with Crippen LogP contribution in [-0.4, -0.2) is 79.5 Å². The highest BCUT2D eigenvalue weighted by Crippen LogP contribution is 2.75. The number of carboxylic acids is 2. The molecule has 1 saturated carbocycles. The molecule has 1 unspecified atom stereocenters. The van der Waals surface area contributed by atoms with Crippen molar-refractivity contribution in [3.05, 3.63) is 101 Å². The fraction of sp³-hybridized carbons (Fsp3) is 0.371. The number of carboxylic acid groups (broad SMARTS) is 2. The van der Waals surface area contributed by atoms with Crippen LogP contribution in [0.4, 0.5) is 13.2 Å². The molecule has 2 N–H and O–H groups in total. The van der Waals surface area contributed by atoms with Gasteiger partial charge in [-0.3, -0.25) is 19.1 Å². The molecule has 2 heterocycles. The quantitative estimate of drug-likeness (QED) is 0.133. The summed E-state index contributed by atoms with van der Waals surface area (Å²) in [6, 6.07) is 8.73. The van der Waals surface area contributed by atoms with Crippen LogP contribution in [0.25, 0.3) is 6.08 Å². The summed E-state index contributed by atoms with van der Waals surface area (Å²) in [7, 11) is 0. The minimum atomic E-state index is -2.53. The Morgan fingerprint density at radius 2 is 1.86 bits per heavy atom. The lowest BCUT2D eigenvalue weighted by Crippen LogP contribution is -2.56. The number of aliphatic carboxylic acids is 2. The molecule has 0 bridgehead atoms. The number of benzene rings is 2. The van der Waals surface area contributed by atoms with Crippen LogP contribution in [0.2, 0.25) is 0 Å². The molecule has 1 aliphatic carbocycles. The first-order valence-electron chi connectivity index (χ1n) is 15.6. The molecule has 1 saturated heterocycles. The van der Waals surface area contributed by atoms with Gasteiger partial charge in [0.2, 0.25) is 0 Å². The van der Waals surface area contributed by atoms with Gasteiger partial charge in [-0.2, -0.15) is 10.4 Å². The molecular weight excluding hydrogens is 693 g/mol. The number of allylic oxidation sites excluding steroid dienone is 2. The number of carbonyl (C=O) groups excluding carboxylic acids is 1. The lowest BCUT2D eigenvalue weighted by molar-refractivity contribution is -0.164. The highest BCUT2D eigenvalue weighted by Gasteiger charge is 2.86. The van der Waals surface area contributed by atoms with Crippen LogP contribution in [0.1, 0.15) is 37.0 Å². The van der Waals surface area contributed by atoms with Crippen molar-refractivity contribution < 1.29 is 52.0 Å². The fourth-order valence-electron chi connectivity index (χ4n) is 6.92. The van der Waals surface area contributed by atoms with E-state index in [-0.39, 0.29) is 36.4 Å². The van der Waals surface area contributed by atoms with E-state index in [0.29, 0.717) is 6.07 Å². The van der Waals surface area contributed by atoms with E-state index in [0.717, 1.165) is 25.1 Å². The average molecular weight is 727 g/mol. The van der Waals surface area contributed by atoms with Gasteiger partial charge in [0.15, 0.2) is 11.7 Å². The van der Waals surface area contributed by atoms with Gasteiger partial charge in [-0.05, 0) is 36.3 Å². The molecule has 2 fully saturated rings. The molecule has 1 aliphatic heterocycles. The van der Waals surface area contributed by atoms with Crippen LogP contribution in [0.5, 0.6) is 0 Å². The van der Waals surface area contributed by atoms with Crippen LogP contribution < -0.4 is 0 Å². The van der Waals surface area contributed by atoms with Crippen molar-refractivity contribution in [2.45, 2.75) is 49.0 Å². The molecule has 0 amide bonds. The van der Waals surface area contributed by atoms with Gasteiger partial charge >= 0.3 is 17.9 Å². The van der Waals surface area contributed by atoms with Gasteiger partial charge in [-0.15, -0.1) is 11.8 Å². The van der Waals surface area contributed by atoms with Crippen molar-refractivity contribution in [3.8, 4) is 6.07 Å². The normalized spacial score (nSPS) is 23.0. The van der Waals surface area contributed by atoms with E-state index >= 15 is 4.39 Å². The van der Waals surface area contributed by atoms with Crippen LogP contribution in [0.3, 0.4) is 0 Å². The zero-order chi connectivity index (χ0) is 37.0. The molecule has 2 aromatic carbocycles. The molecule has 12 nitrogen and oxygen atoms in total. The first-order chi connectivity index (χ1) is 24.3. The largest absolute Gasteiger partial charge is 0.480 e. The number of nitriles is 1. The summed E-state index contributed by atoms with van der Waals surface area (Å²) >= 11 is 1.21. The predicted molar refractivity (Wildman–Crippen MR) is 175 cm³/mol. The Morgan fingerprint density at radius 3 is 2.43 bits per heavy atom. The Labute approximate surface area is 294 Å². The number of rotatable bonds is 14. The van der Waals surface area contributed by atoms with Gasteiger partial charge in [0.1, 0.15) is 30.1 Å². The monoisotopic (exact) mass is 726 g/mol. The van der Waals surface area contributed by atoms with E-state index in [1.165, 1.54) is 47.3 Å². The molecule has 3 aromatic rings. The molecule has 16 heteroatoms. The summed E-state index contributed by atoms with van der Waals surface area (Å²) in [4.78, 5) is 41.9. The van der Waals surface area contributed by atoms with Crippen LogP contribution in [0.15, 0.2) is 67.3 Å². The Bertz CT molecular complexity index is 1880. The summed E-state index contributed by atoms with van der Waals surface area (Å²) in [5, 5.41) is 32.7. The number of hydrogen-bond donors (Lipinski definition) is 2. The number of nitrogens with zero attached hydrogens (tertiary/aromatic N) is 4. The van der Waals surface area contributed by atoms with Gasteiger partial charge < -0.3 is 24.4 Å². The smallest absolute Gasteiger partial charge is 0.321 e. The zero-order valence-electron chi connectivity index (χ0n) is 27.4. The second-order valence-corrected chi connectivity index (χ2v) is 13.9. The maximum atomic E-state index is 16.1. The molecule has 1 aromatic heterocycles. The summed E-state index contributed by atoms with van der Waals surface area (Å²) in [5.74, 6) is -6.76. The van der Waals surface area contributed by atoms with Crippen molar-refractivity contribution in [3.63, 3.8) is 0 Å². The lowest BCUT2D eigenvalue weighted by Gasteiger charge is -2.48. The highest BCUT2D eigenvalue weighted by atomic mass is 32.2. The maximum Gasteiger partial charge on any atom is 0.321 e. The number of thioether (sulfide) groups is 1. The standard InChI is InChI=1S/C35H33F3N4O8S/c1-21(51-26-14-48-30(49-15-26)6-4-3-5-24-8-7-23(13-39)11-28(24)37)35(17-42-20-40-19-41-42,27-10-9-25(36)12-29(27)38)33(18-50-22(2)43)16-34(33,31(44)45)32(46)47/h3-12,19-21,26,30H,14-18H2,1-2H3,(H,44,45)(H,46,47)/t21-,26?,30?,33?,35+/m1/s1. The van der Waals surface area contributed by atoms with E-state index in [1.807, 2.05) is 6.07 Å². The molecule has 5 rings (SSSR count). The van der Waals surface area contributed by atoms with E-state index in [4.69, 9.17) is 19.5 Å². The maximum absolute atomic E-state index is 16.1. The van der Waals surface area contributed by atoms with Gasteiger partial charge in [0, 0.05) is 34.6 Å². The van der Waals surface area contributed by atoms with Crippen LogP contribution in [0, 0.1) is 39.6 Å². The zero-order valence-corrected chi connectivity index (χ0v) is 28.2. The number of carbonyl (C=O) groups is 3. The van der Waals surface area contributed by atoms with Crippen molar-refractivity contribution in [2.24, 2.45) is 10.8 Å². The Hall–Kier alpha value is -4.98. The molecular formula is C35H33F3N4O8S. The molecule has 268 valence electrons. The summed E-state index contributed by atoms with van der Waals surface area (Å²) in [6.45, 7) is 1.91. The predicted octanol–water partition coefficient (Wildman–Crippen LogP) is 4.75. The van der Waals surface area contributed by atoms with Gasteiger partial charge in [-0.25, -0.2) is 18.2 Å². The van der Waals surface area contributed by atoms with Crippen LogP contribution in [-0.2, 0) is 40.6 Å². The van der Waals surface area contributed by atoms with E-state index < -0.39 is 81.4 Å². The Morgan fingerprint density at radius 1 is 1.14 bits per heavy atom.